The number of anilines is 1. The number of fused-ring (bicyclic) bond motifs is 1. The minimum Gasteiger partial charge on any atom is -0.497 e. The lowest BCUT2D eigenvalue weighted by molar-refractivity contribution is -0.159. The highest BCUT2D eigenvalue weighted by Gasteiger charge is 2.79. The number of methoxy groups -OCH3 is 1. The number of hydrogen-bond acceptors (Lipinski definition) is 8. The third-order valence-corrected chi connectivity index (χ3v) is 10.9. The average molecular weight is 668 g/mol. The van der Waals surface area contributed by atoms with Gasteiger partial charge in [0.15, 0.2) is 23.0 Å². The molecule has 2 heterocycles. The normalized spacial score (nSPS) is 27.3. The summed E-state index contributed by atoms with van der Waals surface area (Å²) in [5, 5.41) is 19.9. The van der Waals surface area contributed by atoms with Gasteiger partial charge in [-0.2, -0.15) is 0 Å². The fraction of sp³-hybridized carbons (Fsp3) is 0.462. The Kier molecular flexibility index (Phi) is 9.21. The van der Waals surface area contributed by atoms with Crippen LogP contribution in [0.4, 0.5) is 5.69 Å². The second-order valence-electron chi connectivity index (χ2n) is 13.8. The summed E-state index contributed by atoms with van der Waals surface area (Å²) in [6.07, 6.45) is 7.27. The maximum absolute atomic E-state index is 15.6. The fourth-order valence-corrected chi connectivity index (χ4v) is 8.38. The predicted molar refractivity (Wildman–Crippen MR) is 183 cm³/mol. The second kappa shape index (κ2) is 13.6. The molecule has 0 bridgehead atoms. The molecule has 3 fully saturated rings. The van der Waals surface area contributed by atoms with Gasteiger partial charge in [-0.25, -0.2) is 0 Å². The second-order valence-corrected chi connectivity index (χ2v) is 13.8. The molecule has 3 aromatic carbocycles. The van der Waals surface area contributed by atoms with Crippen LogP contribution >= 0.6 is 0 Å². The summed E-state index contributed by atoms with van der Waals surface area (Å²) >= 11 is 0. The lowest BCUT2D eigenvalue weighted by Crippen LogP contribution is -2.71. The van der Waals surface area contributed by atoms with Crippen LogP contribution in [-0.2, 0) is 19.9 Å². The molecule has 0 unspecified atom stereocenters. The molecule has 1 saturated heterocycles. The van der Waals surface area contributed by atoms with Crippen molar-refractivity contribution in [3.8, 4) is 11.5 Å². The van der Waals surface area contributed by atoms with Crippen molar-refractivity contribution in [3.05, 3.63) is 89.5 Å². The van der Waals surface area contributed by atoms with Gasteiger partial charge in [0.05, 0.1) is 25.5 Å². The van der Waals surface area contributed by atoms with Crippen LogP contribution in [0.3, 0.4) is 0 Å². The Morgan fingerprint density at radius 3 is 2.33 bits per heavy atom. The van der Waals surface area contributed by atoms with Crippen LogP contribution in [0.5, 0.6) is 11.5 Å². The van der Waals surface area contributed by atoms with Gasteiger partial charge in [-0.3, -0.25) is 24.6 Å². The summed E-state index contributed by atoms with van der Waals surface area (Å²) in [5.41, 5.74) is -3.25. The summed E-state index contributed by atoms with van der Waals surface area (Å²) in [7, 11) is 1.52. The predicted octanol–water partition coefficient (Wildman–Crippen LogP) is 5.15. The zero-order chi connectivity index (χ0) is 34.2. The highest BCUT2D eigenvalue weighted by molar-refractivity contribution is 6.20. The molecule has 1 spiro atoms. The van der Waals surface area contributed by atoms with Crippen LogP contribution in [-0.4, -0.2) is 61.0 Å². The zero-order valence-electron chi connectivity index (χ0n) is 28.2. The maximum atomic E-state index is 15.6. The Hall–Kier alpha value is -4.25. The Bertz CT molecular complexity index is 1690. The Balaban J connectivity index is 1.46. The van der Waals surface area contributed by atoms with Gasteiger partial charge in [0, 0.05) is 11.7 Å². The molecule has 10 heteroatoms. The van der Waals surface area contributed by atoms with Crippen molar-refractivity contribution in [1.82, 2.24) is 10.6 Å². The molecule has 0 radical (unpaired) electrons. The first-order chi connectivity index (χ1) is 23.8. The molecule has 4 aliphatic rings. The first-order valence-corrected chi connectivity index (χ1v) is 17.5. The van der Waals surface area contributed by atoms with Crippen LogP contribution in [0.2, 0.25) is 0 Å². The molecule has 10 nitrogen and oxygen atoms in total. The number of ketones is 1. The van der Waals surface area contributed by atoms with E-state index in [4.69, 9.17) is 14.2 Å². The first-order valence-electron chi connectivity index (χ1n) is 17.5. The number of aryl methyl sites for hydroxylation is 1. The summed E-state index contributed by atoms with van der Waals surface area (Å²) < 4.78 is 18.3. The first kappa shape index (κ1) is 33.3. The van der Waals surface area contributed by atoms with E-state index in [1.54, 1.807) is 60.7 Å². The third kappa shape index (κ3) is 5.59. The van der Waals surface area contributed by atoms with Crippen molar-refractivity contribution < 1.29 is 33.7 Å². The molecular formula is C39H45N3O7. The van der Waals surface area contributed by atoms with E-state index in [2.05, 4.69) is 10.6 Å². The van der Waals surface area contributed by atoms with Gasteiger partial charge in [-0.05, 0) is 74.6 Å². The Morgan fingerprint density at radius 1 is 0.939 bits per heavy atom. The van der Waals surface area contributed by atoms with Crippen LogP contribution in [0.15, 0.2) is 72.8 Å². The molecule has 49 heavy (non-hydrogen) atoms. The van der Waals surface area contributed by atoms with E-state index in [1.165, 1.54) is 12.0 Å². The number of nitrogens with one attached hydrogen (secondary N) is 2. The summed E-state index contributed by atoms with van der Waals surface area (Å²) in [6.45, 7) is 1.85. The standard InChI is InChI=1S/C39H45N3O7/c1-25-17-22-32-31(23-25)34(43)38(36(49-32)40-24-48-30-15-9-10-16-30)33(35(44)41-27-11-5-3-6-12-27)42(28-13-7-4-8-14-28)37(45)39(38,46)26-18-20-29(47-2)21-19-26/h4,7-8,13-14,17-23,27,30,33,36,40,46H,3,5-6,9-12,15-16,24H2,1-2H3,(H,41,44)/t33-,36+,38+,39-/m1/s1. The van der Waals surface area contributed by atoms with Crippen LogP contribution in [0.25, 0.3) is 0 Å². The zero-order valence-corrected chi connectivity index (χ0v) is 28.2. The highest BCUT2D eigenvalue weighted by Crippen LogP contribution is 2.59. The summed E-state index contributed by atoms with van der Waals surface area (Å²) in [5.74, 6) is -1.09. The fourth-order valence-electron chi connectivity index (χ4n) is 8.38. The minimum atomic E-state index is -2.56. The Morgan fingerprint density at radius 2 is 1.63 bits per heavy atom. The van der Waals surface area contributed by atoms with Crippen molar-refractivity contribution >= 4 is 23.3 Å². The number of aliphatic hydroxyl groups is 1. The van der Waals surface area contributed by atoms with Crippen LogP contribution < -0.4 is 25.0 Å². The highest BCUT2D eigenvalue weighted by atomic mass is 16.5. The molecule has 3 aromatic rings. The summed E-state index contributed by atoms with van der Waals surface area (Å²) in [4.78, 5) is 47.1. The van der Waals surface area contributed by atoms with E-state index >= 15 is 9.59 Å². The number of hydrogen-bond donors (Lipinski definition) is 3. The van der Waals surface area contributed by atoms with Gasteiger partial charge in [0.1, 0.15) is 17.5 Å². The molecule has 2 aliphatic heterocycles. The van der Waals surface area contributed by atoms with E-state index in [9.17, 15) is 9.90 Å². The number of ether oxygens (including phenoxy) is 3. The van der Waals surface area contributed by atoms with Gasteiger partial charge in [-0.15, -0.1) is 0 Å². The van der Waals surface area contributed by atoms with Crippen molar-refractivity contribution in [3.63, 3.8) is 0 Å². The number of nitrogens with zero attached hydrogens (tertiary/aromatic N) is 1. The van der Waals surface area contributed by atoms with Gasteiger partial charge < -0.3 is 24.6 Å². The number of carbonyl (C=O) groups excluding carboxylic acids is 3. The smallest absolute Gasteiger partial charge is 0.265 e. The van der Waals surface area contributed by atoms with Crippen molar-refractivity contribution in [2.45, 2.75) is 94.7 Å². The maximum Gasteiger partial charge on any atom is 0.265 e. The van der Waals surface area contributed by atoms with E-state index < -0.39 is 40.9 Å². The molecule has 258 valence electrons. The molecule has 4 atom stereocenters. The number of para-hydroxylation sites is 1. The lowest BCUT2D eigenvalue weighted by Gasteiger charge is -2.49. The van der Waals surface area contributed by atoms with E-state index in [0.29, 0.717) is 17.2 Å². The SMILES string of the molecule is COc1ccc([C@@]2(O)C(=O)N(c3ccccc3)[C@H](C(=O)NC3CCCCC3)[C@@]23C(=O)c2cc(C)ccc2O[C@@H]3NCOC2CCCC2)cc1. The third-order valence-electron chi connectivity index (χ3n) is 10.9. The molecular weight excluding hydrogens is 622 g/mol. The Labute approximate surface area is 287 Å². The number of carbonyl (C=O) groups is 3. The number of Topliss-reactive ketones (excluding diaryl/α,β-unsaturated/α-hetero) is 1. The molecule has 0 aromatic heterocycles. The van der Waals surface area contributed by atoms with Crippen molar-refractivity contribution in [2.24, 2.45) is 5.41 Å². The van der Waals surface area contributed by atoms with Crippen molar-refractivity contribution in [2.75, 3.05) is 18.7 Å². The van der Waals surface area contributed by atoms with Crippen molar-refractivity contribution in [1.29, 1.82) is 0 Å². The van der Waals surface area contributed by atoms with E-state index in [-0.39, 0.29) is 30.0 Å². The van der Waals surface area contributed by atoms with E-state index in [1.807, 2.05) is 19.1 Å². The number of amides is 2. The molecule has 2 aliphatic carbocycles. The largest absolute Gasteiger partial charge is 0.497 e. The topological polar surface area (TPSA) is 126 Å². The van der Waals surface area contributed by atoms with Gasteiger partial charge >= 0.3 is 0 Å². The number of benzene rings is 3. The van der Waals surface area contributed by atoms with Crippen LogP contribution in [0.1, 0.15) is 79.3 Å². The molecule has 3 N–H and O–H groups in total. The number of rotatable bonds is 9. The van der Waals surface area contributed by atoms with E-state index in [0.717, 1.165) is 63.4 Å². The van der Waals surface area contributed by atoms with Crippen LogP contribution in [0, 0.1) is 12.3 Å². The minimum absolute atomic E-state index is 0.0132. The summed E-state index contributed by atoms with van der Waals surface area (Å²) in [6, 6.07) is 18.8. The average Bonchev–Trinajstić information content (AvgIpc) is 3.72. The molecule has 7 rings (SSSR count). The van der Waals surface area contributed by atoms with Gasteiger partial charge in [0.2, 0.25) is 5.91 Å². The monoisotopic (exact) mass is 667 g/mol. The molecule has 2 amide bonds. The lowest BCUT2D eigenvalue weighted by atomic mass is 9.60. The quantitative estimate of drug-likeness (QED) is 0.268. The van der Waals surface area contributed by atoms with Gasteiger partial charge in [0.25, 0.3) is 5.91 Å². The van der Waals surface area contributed by atoms with Gasteiger partial charge in [-0.1, -0.05) is 74.1 Å². The molecule has 2 saturated carbocycles.